The Labute approximate surface area is 191 Å². The fourth-order valence-electron chi connectivity index (χ4n) is 3.65. The van der Waals surface area contributed by atoms with Gasteiger partial charge in [0, 0.05) is 31.9 Å². The minimum absolute atomic E-state index is 0.0550. The Morgan fingerprint density at radius 2 is 1.74 bits per heavy atom. The number of nitrogens with one attached hydrogen (secondary N) is 2. The maximum atomic E-state index is 12.7. The summed E-state index contributed by atoms with van der Waals surface area (Å²) in [6.07, 6.45) is 1.32. The first-order chi connectivity index (χ1) is 16.1. The summed E-state index contributed by atoms with van der Waals surface area (Å²) in [4.78, 5) is 71.4. The summed E-state index contributed by atoms with van der Waals surface area (Å²) < 4.78 is 3.69. The highest BCUT2D eigenvalue weighted by atomic mass is 16.2. The van der Waals surface area contributed by atoms with E-state index in [1.807, 2.05) is 26.0 Å². The number of hydrogen-bond acceptors (Lipinski definition) is 7. The highest BCUT2D eigenvalue weighted by Crippen LogP contribution is 2.23. The number of carbonyl (C=O) groups is 1. The Morgan fingerprint density at radius 3 is 2.47 bits per heavy atom. The molecule has 12 heteroatoms. The number of aromatic amines is 1. The van der Waals surface area contributed by atoms with Crippen LogP contribution in [-0.4, -0.2) is 41.1 Å². The van der Waals surface area contributed by atoms with Crippen molar-refractivity contribution in [2.75, 3.05) is 6.54 Å². The average molecular weight is 465 g/mol. The molecule has 2 aliphatic rings. The van der Waals surface area contributed by atoms with Gasteiger partial charge in [-0.3, -0.25) is 28.5 Å². The van der Waals surface area contributed by atoms with E-state index in [0.29, 0.717) is 16.6 Å². The lowest BCUT2D eigenvalue weighted by Gasteiger charge is -2.18. The predicted molar refractivity (Wildman–Crippen MR) is 124 cm³/mol. The number of hydrogen-bond donors (Lipinski definition) is 2. The van der Waals surface area contributed by atoms with Crippen molar-refractivity contribution < 1.29 is 4.79 Å². The quantitative estimate of drug-likeness (QED) is 0.365. The van der Waals surface area contributed by atoms with Gasteiger partial charge in [-0.05, 0) is 44.0 Å². The van der Waals surface area contributed by atoms with Gasteiger partial charge in [-0.25, -0.2) is 14.6 Å². The van der Waals surface area contributed by atoms with Crippen LogP contribution in [0.15, 0.2) is 37.5 Å². The maximum absolute atomic E-state index is 12.7. The van der Waals surface area contributed by atoms with Gasteiger partial charge in [-0.15, -0.1) is 0 Å². The zero-order valence-corrected chi connectivity index (χ0v) is 19.1. The molecule has 0 radical (unpaired) electrons. The van der Waals surface area contributed by atoms with Crippen molar-refractivity contribution in [3.05, 3.63) is 76.7 Å². The highest BCUT2D eigenvalue weighted by molar-refractivity contribution is 5.81. The third-order valence-electron chi connectivity index (χ3n) is 5.74. The number of fused-ring (bicyclic) bond motifs is 2. The Kier molecular flexibility index (Phi) is 5.73. The number of aryl methyl sites for hydroxylation is 3. The summed E-state index contributed by atoms with van der Waals surface area (Å²) in [6.45, 7) is 5.46. The van der Waals surface area contributed by atoms with E-state index in [1.165, 1.54) is 20.2 Å². The third-order valence-corrected chi connectivity index (χ3v) is 5.74. The number of nitrogens with zero attached hydrogens (tertiary/aromatic N) is 5. The van der Waals surface area contributed by atoms with Crippen molar-refractivity contribution >= 4 is 16.9 Å². The van der Waals surface area contributed by atoms with Gasteiger partial charge in [0.05, 0.1) is 11.0 Å². The molecule has 0 saturated carbocycles. The monoisotopic (exact) mass is 465 g/mol. The van der Waals surface area contributed by atoms with Gasteiger partial charge in [0.2, 0.25) is 5.91 Å². The van der Waals surface area contributed by atoms with Gasteiger partial charge in [-0.2, -0.15) is 4.98 Å². The molecule has 2 aliphatic heterocycles. The van der Waals surface area contributed by atoms with Crippen LogP contribution in [0.4, 0.5) is 0 Å². The van der Waals surface area contributed by atoms with Crippen molar-refractivity contribution in [2.45, 2.75) is 33.9 Å². The minimum atomic E-state index is -0.701. The molecule has 2 aromatic rings. The molecule has 0 bridgehead atoms. The fraction of sp³-hybridized carbons (Fsp3) is 0.318. The zero-order valence-electron chi connectivity index (χ0n) is 19.1. The van der Waals surface area contributed by atoms with E-state index in [9.17, 15) is 24.0 Å². The van der Waals surface area contributed by atoms with Crippen molar-refractivity contribution in [2.24, 2.45) is 7.05 Å². The normalized spacial score (nSPS) is 11.3. The summed E-state index contributed by atoms with van der Waals surface area (Å²) >= 11 is 0. The van der Waals surface area contributed by atoms with E-state index in [2.05, 4.69) is 20.3 Å². The van der Waals surface area contributed by atoms with Crippen LogP contribution in [0.2, 0.25) is 0 Å². The molecule has 0 saturated heterocycles. The molecule has 12 nitrogen and oxygen atoms in total. The highest BCUT2D eigenvalue weighted by Gasteiger charge is 2.21. The van der Waals surface area contributed by atoms with Crippen LogP contribution in [-0.2, 0) is 24.9 Å². The first-order valence-corrected chi connectivity index (χ1v) is 10.5. The molecule has 3 heterocycles. The second-order valence-electron chi connectivity index (χ2n) is 8.17. The summed E-state index contributed by atoms with van der Waals surface area (Å²) in [5, 5.41) is 2.72. The lowest BCUT2D eigenvalue weighted by atomic mass is 10.1. The number of rotatable bonds is 5. The van der Waals surface area contributed by atoms with E-state index in [0.717, 1.165) is 20.3 Å². The van der Waals surface area contributed by atoms with Crippen LogP contribution in [0.25, 0.3) is 22.6 Å². The topological polar surface area (TPSA) is 154 Å². The van der Waals surface area contributed by atoms with E-state index in [4.69, 9.17) is 0 Å². The SMILES string of the molecule is Cc1cc2nc3c(=O)n(C)c(=O)nc-3n(CCNC(=O)Cn3cc(C)c(=O)[nH]c3=O)c2cc1C. The van der Waals surface area contributed by atoms with Gasteiger partial charge in [0.15, 0.2) is 11.5 Å². The second kappa shape index (κ2) is 8.54. The van der Waals surface area contributed by atoms with Gasteiger partial charge in [0.1, 0.15) is 6.54 Å². The van der Waals surface area contributed by atoms with Crippen LogP contribution in [0.3, 0.4) is 0 Å². The molecule has 1 amide bonds. The van der Waals surface area contributed by atoms with Gasteiger partial charge < -0.3 is 9.88 Å². The van der Waals surface area contributed by atoms with Gasteiger partial charge in [0.25, 0.3) is 11.1 Å². The summed E-state index contributed by atoms with van der Waals surface area (Å²) in [5.41, 5.74) is 1.14. The van der Waals surface area contributed by atoms with E-state index in [1.54, 1.807) is 4.57 Å². The molecule has 176 valence electrons. The Balaban J connectivity index is 1.67. The molecule has 0 aliphatic carbocycles. The summed E-state index contributed by atoms with van der Waals surface area (Å²) in [7, 11) is 1.34. The van der Waals surface area contributed by atoms with E-state index >= 15 is 0 Å². The number of amides is 1. The molecule has 0 fully saturated rings. The van der Waals surface area contributed by atoms with E-state index < -0.39 is 28.4 Å². The van der Waals surface area contributed by atoms with E-state index in [-0.39, 0.29) is 31.2 Å². The van der Waals surface area contributed by atoms with Crippen molar-refractivity contribution in [3.8, 4) is 11.5 Å². The summed E-state index contributed by atoms with van der Waals surface area (Å²) in [5.74, 6) is -0.317. The predicted octanol–water partition coefficient (Wildman–Crippen LogP) is -0.813. The first kappa shape index (κ1) is 22.8. The molecular weight excluding hydrogens is 442 g/mol. The second-order valence-corrected chi connectivity index (χ2v) is 8.17. The van der Waals surface area contributed by atoms with Crippen molar-refractivity contribution in [3.63, 3.8) is 0 Å². The molecule has 2 N–H and O–H groups in total. The molecule has 4 rings (SSSR count). The largest absolute Gasteiger partial charge is 0.353 e. The Hall–Kier alpha value is -4.35. The standard InChI is InChI=1S/C22H23N7O5/c1-11-7-14-15(8-12(11)2)29(18-17(24-14)20(32)27(4)21(33)25-18)6-5-23-16(30)10-28-9-13(3)19(31)26-22(28)34/h7-9H,5-6,10H2,1-4H3,(H,23,30)(H,26,31,34). The van der Waals surface area contributed by atoms with Gasteiger partial charge >= 0.3 is 11.4 Å². The molecule has 1 aromatic heterocycles. The molecule has 1 aromatic carbocycles. The zero-order chi connectivity index (χ0) is 24.7. The number of H-pyrrole nitrogens is 1. The number of benzene rings is 1. The third kappa shape index (κ3) is 4.05. The smallest absolute Gasteiger partial charge is 0.352 e. The van der Waals surface area contributed by atoms with Crippen LogP contribution in [0.1, 0.15) is 16.7 Å². The van der Waals surface area contributed by atoms with Crippen molar-refractivity contribution in [1.82, 2.24) is 34.0 Å². The van der Waals surface area contributed by atoms with Crippen LogP contribution >= 0.6 is 0 Å². The lowest BCUT2D eigenvalue weighted by Crippen LogP contribution is -2.38. The molecule has 0 atom stereocenters. The Bertz CT molecular complexity index is 1660. The molecule has 34 heavy (non-hydrogen) atoms. The summed E-state index contributed by atoms with van der Waals surface area (Å²) in [6, 6.07) is 3.75. The number of carbonyl (C=O) groups excluding carboxylic acids is 1. The maximum Gasteiger partial charge on any atom is 0.352 e. The molecule has 0 unspecified atom stereocenters. The van der Waals surface area contributed by atoms with Crippen molar-refractivity contribution in [1.29, 1.82) is 0 Å². The van der Waals surface area contributed by atoms with Crippen LogP contribution in [0.5, 0.6) is 0 Å². The van der Waals surface area contributed by atoms with Crippen LogP contribution in [0, 0.1) is 20.8 Å². The van der Waals surface area contributed by atoms with Gasteiger partial charge in [-0.1, -0.05) is 0 Å². The Morgan fingerprint density at radius 1 is 1.03 bits per heavy atom. The first-order valence-electron chi connectivity index (χ1n) is 10.5. The molecule has 0 spiro atoms. The average Bonchev–Trinajstić information content (AvgIpc) is 2.77. The lowest BCUT2D eigenvalue weighted by molar-refractivity contribution is -0.121. The fourth-order valence-corrected chi connectivity index (χ4v) is 3.65. The minimum Gasteiger partial charge on any atom is -0.353 e. The van der Waals surface area contributed by atoms with Crippen LogP contribution < -0.4 is 27.8 Å². The number of aromatic nitrogens is 6. The molecular formula is C22H23N7O5.